The van der Waals surface area contributed by atoms with E-state index in [2.05, 4.69) is 28.7 Å². The van der Waals surface area contributed by atoms with Gasteiger partial charge in [0.05, 0.1) is 27.4 Å². The lowest BCUT2D eigenvalue weighted by atomic mass is 9.82. The van der Waals surface area contributed by atoms with Crippen LogP contribution in [-0.4, -0.2) is 28.0 Å². The van der Waals surface area contributed by atoms with Crippen molar-refractivity contribution in [1.29, 1.82) is 0 Å². The molecule has 0 bridgehead atoms. The molecule has 1 aromatic carbocycles. The summed E-state index contributed by atoms with van der Waals surface area (Å²) < 4.78 is 13.1. The first-order chi connectivity index (χ1) is 14.8. The van der Waals surface area contributed by atoms with E-state index in [1.54, 1.807) is 11.3 Å². The molecule has 2 aromatic heterocycles. The van der Waals surface area contributed by atoms with Crippen LogP contribution < -0.4 is 9.47 Å². The third-order valence-electron chi connectivity index (χ3n) is 5.45. The number of nitrogens with zero attached hydrogens (tertiary/aromatic N) is 2. The molecule has 1 saturated carbocycles. The lowest BCUT2D eigenvalue weighted by Crippen LogP contribution is -2.29. The molecule has 1 aliphatic rings. The topological polar surface area (TPSA) is 61.3 Å². The second-order valence-electron chi connectivity index (χ2n) is 8.56. The number of aromatic nitrogens is 2. The first-order valence-corrected chi connectivity index (χ1v) is 11.5. The zero-order valence-corrected chi connectivity index (χ0v) is 19.3. The number of carbonyl (C=O) groups is 1. The van der Waals surface area contributed by atoms with E-state index in [1.165, 1.54) is 0 Å². The molecule has 1 fully saturated rings. The second kappa shape index (κ2) is 8.79. The third kappa shape index (κ3) is 4.96. The monoisotopic (exact) mass is 436 g/mol. The summed E-state index contributed by atoms with van der Waals surface area (Å²) in [6.45, 7) is 12.0. The van der Waals surface area contributed by atoms with Gasteiger partial charge in [0.1, 0.15) is 11.5 Å². The molecule has 31 heavy (non-hydrogen) atoms. The average Bonchev–Trinajstić information content (AvgIpc) is 3.08. The van der Waals surface area contributed by atoms with Gasteiger partial charge in [-0.1, -0.05) is 12.2 Å². The van der Waals surface area contributed by atoms with E-state index < -0.39 is 0 Å². The van der Waals surface area contributed by atoms with Crippen LogP contribution in [-0.2, 0) is 4.79 Å². The van der Waals surface area contributed by atoms with Crippen LogP contribution in [0.15, 0.2) is 42.6 Å². The maximum atomic E-state index is 12.0. The van der Waals surface area contributed by atoms with Gasteiger partial charge in [0.25, 0.3) is 0 Å². The number of carbonyl (C=O) groups excluding carboxylic acids is 1. The fraction of sp³-hybridized carbons (Fsp3) is 0.400. The molecule has 3 aromatic rings. The van der Waals surface area contributed by atoms with Crippen LogP contribution in [0.1, 0.15) is 45.0 Å². The predicted molar refractivity (Wildman–Crippen MR) is 125 cm³/mol. The van der Waals surface area contributed by atoms with Gasteiger partial charge in [-0.2, -0.15) is 0 Å². The first-order valence-electron chi connectivity index (χ1n) is 10.7. The Morgan fingerprint density at radius 2 is 1.94 bits per heavy atom. The number of benzene rings is 1. The fourth-order valence-corrected chi connectivity index (χ4v) is 4.87. The highest BCUT2D eigenvalue weighted by molar-refractivity contribution is 7.18. The van der Waals surface area contributed by atoms with Gasteiger partial charge in [-0.05, 0) is 57.9 Å². The Balaban J connectivity index is 1.65. The highest BCUT2D eigenvalue weighted by Crippen LogP contribution is 2.38. The number of hydrogen-bond acceptors (Lipinski definition) is 6. The zero-order chi connectivity index (χ0) is 22.1. The van der Waals surface area contributed by atoms with Crippen LogP contribution in [0.5, 0.6) is 11.6 Å². The lowest BCUT2D eigenvalue weighted by molar-refractivity contribution is -0.121. The highest BCUT2D eigenvalue weighted by Gasteiger charge is 2.28. The van der Waals surface area contributed by atoms with Crippen molar-refractivity contribution >= 4 is 27.3 Å². The number of Topliss-reactive ketones (excluding diaryl/α,β-unsaturated/α-hetero) is 1. The van der Waals surface area contributed by atoms with Gasteiger partial charge in [0, 0.05) is 36.6 Å². The Kier molecular flexibility index (Phi) is 6.10. The maximum Gasteiger partial charge on any atom is 0.213 e. The number of thiazole rings is 1. The molecular weight excluding hydrogens is 408 g/mol. The maximum absolute atomic E-state index is 12.0. The van der Waals surface area contributed by atoms with Gasteiger partial charge in [-0.15, -0.1) is 11.3 Å². The smallest absolute Gasteiger partial charge is 0.213 e. The second-order valence-corrected chi connectivity index (χ2v) is 9.77. The Morgan fingerprint density at radius 1 is 1.13 bits per heavy atom. The normalized spacial score (nSPS) is 17.9. The fourth-order valence-electron chi connectivity index (χ4n) is 4.02. The molecule has 0 saturated heterocycles. The number of ketones is 1. The van der Waals surface area contributed by atoms with Gasteiger partial charge >= 0.3 is 0 Å². The predicted octanol–water partition coefficient (Wildman–Crippen LogP) is 6.15. The molecule has 162 valence electrons. The number of allylic oxidation sites excluding steroid dienone is 1. The molecule has 0 unspecified atom stereocenters. The van der Waals surface area contributed by atoms with Gasteiger partial charge in [-0.3, -0.25) is 4.79 Å². The Hall–Kier alpha value is -2.73. The molecule has 5 nitrogen and oxygen atoms in total. The molecule has 0 amide bonds. The summed E-state index contributed by atoms with van der Waals surface area (Å²) >= 11 is 1.63. The van der Waals surface area contributed by atoms with Gasteiger partial charge in [0.15, 0.2) is 0 Å². The van der Waals surface area contributed by atoms with Crippen molar-refractivity contribution in [2.45, 2.75) is 59.2 Å². The third-order valence-corrected chi connectivity index (χ3v) is 6.45. The largest absolute Gasteiger partial charge is 0.489 e. The van der Waals surface area contributed by atoms with Crippen LogP contribution in [0.25, 0.3) is 21.3 Å². The molecular formula is C25H28N2O3S. The quantitative estimate of drug-likeness (QED) is 0.434. The van der Waals surface area contributed by atoms with Gasteiger partial charge < -0.3 is 9.47 Å². The van der Waals surface area contributed by atoms with Crippen molar-refractivity contribution in [2.75, 3.05) is 0 Å². The van der Waals surface area contributed by atoms with E-state index in [0.29, 0.717) is 18.7 Å². The summed E-state index contributed by atoms with van der Waals surface area (Å²) in [7, 11) is 0. The van der Waals surface area contributed by atoms with E-state index in [-0.39, 0.29) is 23.9 Å². The molecule has 0 radical (unpaired) electrons. The van der Waals surface area contributed by atoms with Crippen molar-refractivity contribution < 1.29 is 14.3 Å². The van der Waals surface area contributed by atoms with Crippen LogP contribution >= 0.6 is 11.3 Å². The molecule has 6 heteroatoms. The Bertz CT molecular complexity index is 1100. The summed E-state index contributed by atoms with van der Waals surface area (Å²) in [5.74, 6) is 1.81. The van der Waals surface area contributed by atoms with Crippen molar-refractivity contribution in [3.05, 3.63) is 47.6 Å². The Labute approximate surface area is 187 Å². The molecule has 2 atom stereocenters. The average molecular weight is 437 g/mol. The summed E-state index contributed by atoms with van der Waals surface area (Å²) in [6, 6.07) is 8.01. The lowest BCUT2D eigenvalue weighted by Gasteiger charge is -2.29. The minimum atomic E-state index is -0.0956. The number of pyridine rings is 1. The zero-order valence-electron chi connectivity index (χ0n) is 18.5. The van der Waals surface area contributed by atoms with Crippen LogP contribution in [0.3, 0.4) is 0 Å². The summed E-state index contributed by atoms with van der Waals surface area (Å²) in [5.41, 5.74) is 3.88. The number of ether oxygens (including phenoxy) is 2. The summed E-state index contributed by atoms with van der Waals surface area (Å²) in [4.78, 5) is 21.2. The van der Waals surface area contributed by atoms with E-state index in [1.807, 2.05) is 46.0 Å². The number of fused-ring (bicyclic) bond motifs is 1. The molecule has 4 rings (SSSR count). The van der Waals surface area contributed by atoms with Crippen molar-refractivity contribution in [2.24, 2.45) is 5.92 Å². The minimum Gasteiger partial charge on any atom is -0.489 e. The van der Waals surface area contributed by atoms with Crippen LogP contribution in [0.4, 0.5) is 0 Å². The summed E-state index contributed by atoms with van der Waals surface area (Å²) in [6.07, 6.45) is 3.68. The first kappa shape index (κ1) is 21.5. The van der Waals surface area contributed by atoms with Gasteiger partial charge in [-0.25, -0.2) is 9.97 Å². The SMILES string of the molecule is C=C1CC(=O)C[C@@H]([C@@H](C)Oc2cc(-c3ccc(OC(C)C)nc3)cc3nc(C)sc23)C1. The van der Waals surface area contributed by atoms with Crippen molar-refractivity contribution in [3.8, 4) is 22.8 Å². The minimum absolute atomic E-state index is 0.0805. The number of rotatable bonds is 6. The van der Waals surface area contributed by atoms with Crippen molar-refractivity contribution in [3.63, 3.8) is 0 Å². The van der Waals surface area contributed by atoms with E-state index in [0.717, 1.165) is 44.1 Å². The van der Waals surface area contributed by atoms with Crippen molar-refractivity contribution in [1.82, 2.24) is 9.97 Å². The number of aryl methyl sites for hydroxylation is 1. The van der Waals surface area contributed by atoms with E-state index in [4.69, 9.17) is 9.47 Å². The molecule has 0 spiro atoms. The highest BCUT2D eigenvalue weighted by atomic mass is 32.1. The van der Waals surface area contributed by atoms with Gasteiger partial charge in [0.2, 0.25) is 5.88 Å². The molecule has 0 N–H and O–H groups in total. The molecule has 1 aliphatic carbocycles. The summed E-state index contributed by atoms with van der Waals surface area (Å²) in [5, 5.41) is 0.990. The van der Waals surface area contributed by atoms with Crippen LogP contribution in [0, 0.1) is 12.8 Å². The Morgan fingerprint density at radius 3 is 2.61 bits per heavy atom. The van der Waals surface area contributed by atoms with E-state index >= 15 is 0 Å². The molecule has 0 aliphatic heterocycles. The van der Waals surface area contributed by atoms with E-state index in [9.17, 15) is 4.79 Å². The standard InChI is InChI=1S/C25H28N2O3S/c1-14(2)29-24-7-6-18(13-26-24)20-11-22-25(31-17(5)27-22)23(12-20)30-16(4)19-8-15(3)9-21(28)10-19/h6-7,11-14,16,19H,3,8-10H2,1-2,4-5H3/t16-,19+/m1/s1. The van der Waals surface area contributed by atoms with Crippen LogP contribution in [0.2, 0.25) is 0 Å². The number of hydrogen-bond donors (Lipinski definition) is 0. The molecule has 2 heterocycles.